The van der Waals surface area contributed by atoms with Gasteiger partial charge in [0, 0.05) is 51.9 Å². The molecular weight excluding hydrogens is 292 g/mol. The van der Waals surface area contributed by atoms with Crippen LogP contribution in [-0.2, 0) is 9.47 Å². The molecule has 6 nitrogen and oxygen atoms in total. The van der Waals surface area contributed by atoms with Crippen molar-refractivity contribution in [3.05, 3.63) is 0 Å². The van der Waals surface area contributed by atoms with Gasteiger partial charge >= 0.3 is 0 Å². The molecule has 0 aromatic carbocycles. The van der Waals surface area contributed by atoms with E-state index in [0.717, 1.165) is 64.8 Å². The molecule has 0 radical (unpaired) electrons. The minimum atomic E-state index is 0.419. The highest BCUT2D eigenvalue weighted by molar-refractivity contribution is 5.80. The molecule has 134 valence electrons. The third-order valence-corrected chi connectivity index (χ3v) is 4.90. The van der Waals surface area contributed by atoms with Gasteiger partial charge in [-0.15, -0.1) is 0 Å². The molecule has 1 N–H and O–H groups in total. The summed E-state index contributed by atoms with van der Waals surface area (Å²) in [6, 6.07) is 0.969. The Labute approximate surface area is 141 Å². The zero-order valence-corrected chi connectivity index (χ0v) is 15.3. The van der Waals surface area contributed by atoms with Crippen molar-refractivity contribution in [1.82, 2.24) is 15.1 Å². The van der Waals surface area contributed by atoms with Crippen molar-refractivity contribution in [1.29, 1.82) is 0 Å². The van der Waals surface area contributed by atoms with Crippen LogP contribution < -0.4 is 5.32 Å². The predicted molar refractivity (Wildman–Crippen MR) is 94.0 cm³/mol. The molecule has 0 amide bonds. The summed E-state index contributed by atoms with van der Waals surface area (Å²) in [6.45, 7) is 13.1. The topological polar surface area (TPSA) is 49.3 Å². The number of hydrogen-bond donors (Lipinski definition) is 1. The molecule has 2 unspecified atom stereocenters. The first-order valence-electron chi connectivity index (χ1n) is 9.06. The summed E-state index contributed by atoms with van der Waals surface area (Å²) >= 11 is 0. The molecule has 2 saturated heterocycles. The molecule has 0 saturated carbocycles. The van der Waals surface area contributed by atoms with Crippen LogP contribution in [0.15, 0.2) is 4.99 Å². The van der Waals surface area contributed by atoms with Gasteiger partial charge in [0.25, 0.3) is 0 Å². The number of aliphatic imine (C=N–C) groups is 1. The summed E-state index contributed by atoms with van der Waals surface area (Å²) in [5.41, 5.74) is 0. The number of nitrogens with zero attached hydrogens (tertiary/aromatic N) is 3. The molecular formula is C17H34N4O2. The molecule has 6 heteroatoms. The van der Waals surface area contributed by atoms with E-state index in [-0.39, 0.29) is 0 Å². The van der Waals surface area contributed by atoms with E-state index in [0.29, 0.717) is 18.2 Å². The molecule has 0 aromatic heterocycles. The molecule has 2 rings (SSSR count). The number of hydrogen-bond acceptors (Lipinski definition) is 4. The van der Waals surface area contributed by atoms with E-state index in [4.69, 9.17) is 9.47 Å². The van der Waals surface area contributed by atoms with Crippen LogP contribution in [0.3, 0.4) is 0 Å². The Kier molecular flexibility index (Phi) is 7.59. The van der Waals surface area contributed by atoms with Crippen molar-refractivity contribution < 1.29 is 9.47 Å². The Morgan fingerprint density at radius 2 is 2.09 bits per heavy atom. The normalized spacial score (nSPS) is 26.3. The quantitative estimate of drug-likeness (QED) is 0.607. The van der Waals surface area contributed by atoms with Gasteiger partial charge in [0.15, 0.2) is 5.96 Å². The van der Waals surface area contributed by atoms with Gasteiger partial charge in [-0.05, 0) is 33.6 Å². The number of morpholine rings is 1. The van der Waals surface area contributed by atoms with E-state index in [1.165, 1.54) is 0 Å². The van der Waals surface area contributed by atoms with Crippen molar-refractivity contribution in [2.45, 2.75) is 51.8 Å². The smallest absolute Gasteiger partial charge is 0.193 e. The molecule has 2 aliphatic heterocycles. The lowest BCUT2D eigenvalue weighted by Gasteiger charge is -2.39. The maximum absolute atomic E-state index is 5.73. The van der Waals surface area contributed by atoms with Crippen LogP contribution in [0.4, 0.5) is 0 Å². The summed E-state index contributed by atoms with van der Waals surface area (Å²) in [5.74, 6) is 1.02. The Balaban J connectivity index is 1.77. The van der Waals surface area contributed by atoms with E-state index in [1.807, 2.05) is 7.05 Å². The Bertz CT molecular complexity index is 370. The molecule has 0 bridgehead atoms. The monoisotopic (exact) mass is 326 g/mol. The van der Waals surface area contributed by atoms with E-state index < -0.39 is 0 Å². The third-order valence-electron chi connectivity index (χ3n) is 4.90. The standard InChI is InChI=1S/C17H34N4O2/c1-5-23-16-6-8-20(9-7-16)17(18-4)19-12-14(2)21-10-11-22-13-15(21)3/h14-16H,5-13H2,1-4H3,(H,18,19). The SMILES string of the molecule is CCOC1CCN(C(=NC)NCC(C)N2CCOCC2C)CC1. The summed E-state index contributed by atoms with van der Waals surface area (Å²) in [4.78, 5) is 9.34. The lowest BCUT2D eigenvalue weighted by atomic mass is 10.1. The molecule has 2 aliphatic rings. The van der Waals surface area contributed by atoms with Gasteiger partial charge in [-0.2, -0.15) is 0 Å². The second-order valence-electron chi connectivity index (χ2n) is 6.58. The predicted octanol–water partition coefficient (Wildman–Crippen LogP) is 1.17. The van der Waals surface area contributed by atoms with Crippen molar-refractivity contribution in [2.75, 3.05) is 53.0 Å². The molecule has 2 fully saturated rings. The van der Waals surface area contributed by atoms with Gasteiger partial charge in [0.1, 0.15) is 0 Å². The average Bonchev–Trinajstić information content (AvgIpc) is 2.57. The second-order valence-corrected chi connectivity index (χ2v) is 6.58. The fourth-order valence-electron chi connectivity index (χ4n) is 3.55. The maximum Gasteiger partial charge on any atom is 0.193 e. The maximum atomic E-state index is 5.73. The minimum absolute atomic E-state index is 0.419. The van der Waals surface area contributed by atoms with Crippen LogP contribution in [0.5, 0.6) is 0 Å². The number of rotatable bonds is 5. The van der Waals surface area contributed by atoms with Crippen molar-refractivity contribution in [3.8, 4) is 0 Å². The largest absolute Gasteiger partial charge is 0.379 e. The van der Waals surface area contributed by atoms with Crippen LogP contribution in [0, 0.1) is 0 Å². The Hall–Kier alpha value is -0.850. The van der Waals surface area contributed by atoms with E-state index in [2.05, 4.69) is 40.9 Å². The lowest BCUT2D eigenvalue weighted by Crippen LogP contribution is -2.54. The first-order chi connectivity index (χ1) is 11.2. The molecule has 0 aliphatic carbocycles. The minimum Gasteiger partial charge on any atom is -0.379 e. The molecule has 0 spiro atoms. The first-order valence-corrected chi connectivity index (χ1v) is 9.06. The number of ether oxygens (including phenoxy) is 2. The van der Waals surface area contributed by atoms with Crippen molar-refractivity contribution in [3.63, 3.8) is 0 Å². The highest BCUT2D eigenvalue weighted by Crippen LogP contribution is 2.14. The van der Waals surface area contributed by atoms with Crippen LogP contribution in [0.1, 0.15) is 33.6 Å². The van der Waals surface area contributed by atoms with E-state index in [9.17, 15) is 0 Å². The fraction of sp³-hybridized carbons (Fsp3) is 0.941. The van der Waals surface area contributed by atoms with Crippen molar-refractivity contribution >= 4 is 5.96 Å². The van der Waals surface area contributed by atoms with E-state index >= 15 is 0 Å². The number of guanidine groups is 1. The zero-order valence-electron chi connectivity index (χ0n) is 15.3. The van der Waals surface area contributed by atoms with Gasteiger partial charge in [-0.3, -0.25) is 9.89 Å². The van der Waals surface area contributed by atoms with Crippen LogP contribution in [0.2, 0.25) is 0 Å². The second kappa shape index (κ2) is 9.45. The van der Waals surface area contributed by atoms with Gasteiger partial charge in [0.05, 0.1) is 19.3 Å². The Morgan fingerprint density at radius 3 is 2.70 bits per heavy atom. The number of piperidine rings is 1. The molecule has 2 atom stereocenters. The van der Waals surface area contributed by atoms with Gasteiger partial charge in [-0.1, -0.05) is 0 Å². The highest BCUT2D eigenvalue weighted by Gasteiger charge is 2.25. The van der Waals surface area contributed by atoms with Gasteiger partial charge in [-0.25, -0.2) is 0 Å². The molecule has 2 heterocycles. The highest BCUT2D eigenvalue weighted by atomic mass is 16.5. The number of nitrogens with one attached hydrogen (secondary N) is 1. The lowest BCUT2D eigenvalue weighted by molar-refractivity contribution is -0.0176. The van der Waals surface area contributed by atoms with Crippen LogP contribution >= 0.6 is 0 Å². The van der Waals surface area contributed by atoms with Crippen LogP contribution in [-0.4, -0.2) is 87.0 Å². The number of likely N-dealkylation sites (tertiary alicyclic amines) is 1. The third kappa shape index (κ3) is 5.33. The van der Waals surface area contributed by atoms with Gasteiger partial charge < -0.3 is 19.7 Å². The zero-order chi connectivity index (χ0) is 16.7. The van der Waals surface area contributed by atoms with Gasteiger partial charge in [0.2, 0.25) is 0 Å². The molecule has 0 aromatic rings. The average molecular weight is 326 g/mol. The fourth-order valence-corrected chi connectivity index (χ4v) is 3.55. The van der Waals surface area contributed by atoms with E-state index in [1.54, 1.807) is 0 Å². The molecule has 23 heavy (non-hydrogen) atoms. The summed E-state index contributed by atoms with van der Waals surface area (Å²) in [5, 5.41) is 3.56. The summed E-state index contributed by atoms with van der Waals surface area (Å²) in [6.07, 6.45) is 2.59. The van der Waals surface area contributed by atoms with Crippen LogP contribution in [0.25, 0.3) is 0 Å². The first kappa shape index (κ1) is 18.5. The summed E-state index contributed by atoms with van der Waals surface area (Å²) < 4.78 is 11.3. The Morgan fingerprint density at radius 1 is 1.35 bits per heavy atom. The van der Waals surface area contributed by atoms with Crippen molar-refractivity contribution in [2.24, 2.45) is 4.99 Å². The summed E-state index contributed by atoms with van der Waals surface area (Å²) in [7, 11) is 1.87.